The van der Waals surface area contributed by atoms with Crippen molar-refractivity contribution in [2.24, 2.45) is 0 Å². The maximum Gasteiger partial charge on any atom is 1.00 e. The topological polar surface area (TPSA) is 101 Å². The van der Waals surface area contributed by atoms with Crippen LogP contribution in [0.5, 0.6) is 0 Å². The minimum absolute atomic E-state index is 0. The van der Waals surface area contributed by atoms with Gasteiger partial charge in [0.15, 0.2) is 0 Å². The molecule has 0 saturated carbocycles. The first-order valence-corrected chi connectivity index (χ1v) is 9.50. The smallest absolute Gasteiger partial charge is 0.744 e. The van der Waals surface area contributed by atoms with Crippen LogP contribution in [0, 0.1) is 13.8 Å². The zero-order chi connectivity index (χ0) is 18.7. The number of hydrogen-bond acceptors (Lipinski definition) is 5. The van der Waals surface area contributed by atoms with Crippen LogP contribution in [-0.4, -0.2) is 27.8 Å². The van der Waals surface area contributed by atoms with E-state index in [2.05, 4.69) is 0 Å². The molecule has 0 fully saturated rings. The second-order valence-corrected chi connectivity index (χ2v) is 7.69. The Kier molecular flexibility index (Phi) is 5.76. The molecule has 0 atom stereocenters. The third-order valence-electron chi connectivity index (χ3n) is 4.84. The van der Waals surface area contributed by atoms with Crippen LogP contribution >= 0.6 is 0 Å². The van der Waals surface area contributed by atoms with Gasteiger partial charge in [-0.25, -0.2) is 17.8 Å². The van der Waals surface area contributed by atoms with E-state index >= 15 is 0 Å². The summed E-state index contributed by atoms with van der Waals surface area (Å²) in [5, 5.41) is 0. The Morgan fingerprint density at radius 2 is 1.77 bits per heavy atom. The average Bonchev–Trinajstić information content (AvgIpc) is 2.90. The summed E-state index contributed by atoms with van der Waals surface area (Å²) >= 11 is 0. The molecular weight excluding hydrogens is 367 g/mol. The summed E-state index contributed by atoms with van der Waals surface area (Å²) in [6.07, 6.45) is 2.48. The van der Waals surface area contributed by atoms with E-state index in [0.29, 0.717) is 23.2 Å². The molecule has 0 saturated heterocycles. The van der Waals surface area contributed by atoms with Gasteiger partial charge in [0.05, 0.1) is 16.1 Å². The van der Waals surface area contributed by atoms with Crippen LogP contribution in [-0.2, 0) is 10.1 Å². The number of nitrogens with zero attached hydrogens (tertiary/aromatic N) is 2. The fourth-order valence-electron chi connectivity index (χ4n) is 3.60. The molecule has 0 unspecified atom stereocenters. The van der Waals surface area contributed by atoms with Crippen LogP contribution in [0.25, 0.3) is 11.1 Å². The summed E-state index contributed by atoms with van der Waals surface area (Å²) in [6, 6.07) is 1.64. The van der Waals surface area contributed by atoms with E-state index in [-0.39, 0.29) is 40.8 Å². The molecule has 2 aromatic heterocycles. The predicted molar refractivity (Wildman–Crippen MR) is 91.8 cm³/mol. The molecule has 9 heteroatoms. The quantitative estimate of drug-likeness (QED) is 0.508. The molecule has 134 valence electrons. The van der Waals surface area contributed by atoms with Gasteiger partial charge >= 0.3 is 35.2 Å². The standard InChI is InChI=1S/C17H20N2O5S.Na/c1-5-6-7-12-9(2)16(20)19-14(12)8-13-10(3)15(25(22,23)24)11(4)18(13)17(19)21;/h8H,5-7H2,1-4H3,(H,22,23,24);/q;+1/p-1. The van der Waals surface area contributed by atoms with Gasteiger partial charge in [-0.15, -0.1) is 0 Å². The van der Waals surface area contributed by atoms with E-state index in [1.165, 1.54) is 13.8 Å². The normalized spacial score (nSPS) is 14.1. The van der Waals surface area contributed by atoms with Crippen LogP contribution in [0.2, 0.25) is 0 Å². The van der Waals surface area contributed by atoms with E-state index in [9.17, 15) is 22.6 Å². The van der Waals surface area contributed by atoms with Crippen molar-refractivity contribution in [1.29, 1.82) is 0 Å². The maximum atomic E-state index is 12.9. The molecule has 0 N–H and O–H groups in total. The third kappa shape index (κ3) is 2.93. The van der Waals surface area contributed by atoms with E-state index in [1.807, 2.05) is 6.92 Å². The molecule has 0 spiro atoms. The number of rotatable bonds is 4. The van der Waals surface area contributed by atoms with Gasteiger partial charge in [0.1, 0.15) is 10.1 Å². The second kappa shape index (κ2) is 7.09. The first-order valence-electron chi connectivity index (χ1n) is 8.09. The van der Waals surface area contributed by atoms with Crippen LogP contribution in [0.1, 0.15) is 54.9 Å². The van der Waals surface area contributed by atoms with Crippen LogP contribution in [0.15, 0.2) is 21.3 Å². The van der Waals surface area contributed by atoms with Gasteiger partial charge in [0.2, 0.25) is 0 Å². The predicted octanol–water partition coefficient (Wildman–Crippen LogP) is -0.757. The number of aryl methyl sites for hydroxylation is 2. The van der Waals surface area contributed by atoms with Crippen molar-refractivity contribution in [2.45, 2.75) is 51.9 Å². The van der Waals surface area contributed by atoms with E-state index in [4.69, 9.17) is 0 Å². The number of hydrogen-bond donors (Lipinski definition) is 0. The maximum absolute atomic E-state index is 12.9. The minimum atomic E-state index is -4.73. The zero-order valence-corrected chi connectivity index (χ0v) is 18.4. The first kappa shape index (κ1) is 21.1. The van der Waals surface area contributed by atoms with E-state index < -0.39 is 26.6 Å². The number of fused-ring (bicyclic) bond motifs is 2. The molecule has 2 aromatic rings. The summed E-state index contributed by atoms with van der Waals surface area (Å²) in [5.41, 5.74) is 1.81. The Morgan fingerprint density at radius 3 is 2.31 bits per heavy atom. The van der Waals surface area contributed by atoms with Crippen molar-refractivity contribution >= 4 is 27.1 Å². The number of carbonyl (C=O) groups excluding carboxylic acids is 1. The number of aromatic nitrogens is 2. The van der Waals surface area contributed by atoms with Gasteiger partial charge < -0.3 is 4.55 Å². The van der Waals surface area contributed by atoms with Gasteiger partial charge in [-0.2, -0.15) is 0 Å². The second-order valence-electron chi connectivity index (χ2n) is 6.37. The Hall–Kier alpha value is -1.19. The van der Waals surface area contributed by atoms with E-state index in [1.54, 1.807) is 13.0 Å². The summed E-state index contributed by atoms with van der Waals surface area (Å²) in [6.45, 7) is 6.64. The Morgan fingerprint density at radius 1 is 1.15 bits per heavy atom. The van der Waals surface area contributed by atoms with Crippen LogP contribution < -0.4 is 35.2 Å². The molecule has 1 aliphatic heterocycles. The molecule has 0 aromatic carbocycles. The number of allylic oxidation sites excluding steroid dienone is 2. The molecule has 3 rings (SSSR count). The molecule has 0 bridgehead atoms. The number of carbonyl (C=O) groups is 1. The van der Waals surface area contributed by atoms with Crippen LogP contribution in [0.3, 0.4) is 0 Å². The fourth-order valence-corrected chi connectivity index (χ4v) is 4.53. The molecule has 0 amide bonds. The van der Waals surface area contributed by atoms with Gasteiger partial charge in [0.25, 0.3) is 5.91 Å². The van der Waals surface area contributed by atoms with Crippen LogP contribution in [0.4, 0.5) is 0 Å². The third-order valence-corrected chi connectivity index (χ3v) is 5.94. The van der Waals surface area contributed by atoms with Crippen molar-refractivity contribution in [3.8, 4) is 0 Å². The summed E-state index contributed by atoms with van der Waals surface area (Å²) < 4.78 is 36.9. The van der Waals surface area contributed by atoms with Gasteiger partial charge in [-0.05, 0) is 50.8 Å². The summed E-state index contributed by atoms with van der Waals surface area (Å²) in [7, 11) is -4.73. The Balaban J connectivity index is 0.00000243. The first-order chi connectivity index (χ1) is 11.6. The van der Waals surface area contributed by atoms with E-state index in [0.717, 1.165) is 27.4 Å². The molecule has 3 heterocycles. The van der Waals surface area contributed by atoms with Gasteiger partial charge in [0, 0.05) is 11.3 Å². The molecule has 0 aliphatic carbocycles. The summed E-state index contributed by atoms with van der Waals surface area (Å²) in [5.74, 6) is -0.398. The molecule has 26 heavy (non-hydrogen) atoms. The monoisotopic (exact) mass is 386 g/mol. The fraction of sp³-hybridized carbons (Fsp3) is 0.412. The van der Waals surface area contributed by atoms with Crippen molar-refractivity contribution in [1.82, 2.24) is 8.97 Å². The molecule has 1 aliphatic rings. The van der Waals surface area contributed by atoms with Gasteiger partial charge in [-0.3, -0.25) is 9.20 Å². The Labute approximate surface area is 173 Å². The molecule has 7 nitrogen and oxygen atoms in total. The largest absolute Gasteiger partial charge is 1.00 e. The number of unbranched alkanes of at least 4 members (excludes halogenated alkanes) is 1. The average molecular weight is 386 g/mol. The zero-order valence-electron chi connectivity index (χ0n) is 15.5. The Bertz CT molecular complexity index is 1120. The molecular formula is C17H19N2NaO5S. The minimum Gasteiger partial charge on any atom is -0.744 e. The van der Waals surface area contributed by atoms with Gasteiger partial charge in [-0.1, -0.05) is 13.3 Å². The summed E-state index contributed by atoms with van der Waals surface area (Å²) in [4.78, 5) is 25.0. The van der Waals surface area contributed by atoms with Crippen molar-refractivity contribution in [3.63, 3.8) is 0 Å². The van der Waals surface area contributed by atoms with Crippen molar-refractivity contribution < 1.29 is 47.3 Å². The van der Waals surface area contributed by atoms with Crippen molar-refractivity contribution in [2.75, 3.05) is 0 Å². The molecule has 0 radical (unpaired) electrons. The SMILES string of the molecule is CCCCC1=C(C)C(=O)n2c1cc1c(C)c(S(=O)(=O)[O-])c(C)n1c2=O.[Na+]. The van der Waals surface area contributed by atoms with Crippen molar-refractivity contribution in [3.05, 3.63) is 39.1 Å².